The van der Waals surface area contributed by atoms with Crippen LogP contribution in [-0.4, -0.2) is 17.0 Å². The molecule has 3 rings (SSSR count). The minimum Gasteiger partial charge on any atom is -0.352 e. The standard InChI is InChI=1S/C18H22N2O/c1-20-13-16(15-9-5-6-10-17(15)20)18(21)19-12-11-14-7-3-2-4-8-14/h5-7,9-10,13H,2-4,8,11-12H2,1H3,(H,19,21). The van der Waals surface area contributed by atoms with E-state index in [2.05, 4.69) is 11.4 Å². The molecule has 1 aromatic carbocycles. The number of hydrogen-bond acceptors (Lipinski definition) is 1. The maximum atomic E-state index is 12.4. The van der Waals surface area contributed by atoms with Crippen LogP contribution in [0.15, 0.2) is 42.1 Å². The van der Waals surface area contributed by atoms with Crippen LogP contribution in [0.1, 0.15) is 42.5 Å². The molecule has 0 saturated heterocycles. The van der Waals surface area contributed by atoms with E-state index in [9.17, 15) is 4.79 Å². The van der Waals surface area contributed by atoms with Crippen LogP contribution in [0.25, 0.3) is 10.9 Å². The zero-order valence-electron chi connectivity index (χ0n) is 12.6. The number of rotatable bonds is 4. The highest BCUT2D eigenvalue weighted by Crippen LogP contribution is 2.21. The van der Waals surface area contributed by atoms with Crippen molar-refractivity contribution in [3.05, 3.63) is 47.7 Å². The molecule has 0 saturated carbocycles. The van der Waals surface area contributed by atoms with Crippen LogP contribution < -0.4 is 5.32 Å². The van der Waals surface area contributed by atoms with Gasteiger partial charge in [0.2, 0.25) is 0 Å². The second-order valence-corrected chi connectivity index (χ2v) is 5.78. The number of hydrogen-bond donors (Lipinski definition) is 1. The monoisotopic (exact) mass is 282 g/mol. The Morgan fingerprint density at radius 1 is 1.29 bits per heavy atom. The number of nitrogens with zero attached hydrogens (tertiary/aromatic N) is 1. The summed E-state index contributed by atoms with van der Waals surface area (Å²) in [6.07, 6.45) is 10.2. The highest BCUT2D eigenvalue weighted by molar-refractivity contribution is 6.06. The molecule has 0 aliphatic heterocycles. The van der Waals surface area contributed by atoms with Crippen molar-refractivity contribution in [1.82, 2.24) is 9.88 Å². The lowest BCUT2D eigenvalue weighted by molar-refractivity contribution is 0.0955. The third-order valence-corrected chi connectivity index (χ3v) is 4.26. The number of nitrogens with one attached hydrogen (secondary N) is 1. The van der Waals surface area contributed by atoms with E-state index in [0.29, 0.717) is 0 Å². The van der Waals surface area contributed by atoms with Crippen LogP contribution in [-0.2, 0) is 7.05 Å². The molecule has 3 heteroatoms. The summed E-state index contributed by atoms with van der Waals surface area (Å²) in [5, 5.41) is 4.08. The minimum atomic E-state index is 0.0307. The minimum absolute atomic E-state index is 0.0307. The lowest BCUT2D eigenvalue weighted by Crippen LogP contribution is -2.24. The lowest BCUT2D eigenvalue weighted by atomic mass is 9.97. The van der Waals surface area contributed by atoms with Crippen molar-refractivity contribution in [2.45, 2.75) is 32.1 Å². The van der Waals surface area contributed by atoms with E-state index >= 15 is 0 Å². The number of carbonyl (C=O) groups excluding carboxylic acids is 1. The quantitative estimate of drug-likeness (QED) is 0.850. The van der Waals surface area contributed by atoms with Crippen molar-refractivity contribution in [2.75, 3.05) is 6.54 Å². The fourth-order valence-electron chi connectivity index (χ4n) is 3.09. The largest absolute Gasteiger partial charge is 0.352 e. The summed E-state index contributed by atoms with van der Waals surface area (Å²) in [7, 11) is 1.98. The molecular formula is C18H22N2O. The predicted molar refractivity (Wildman–Crippen MR) is 86.4 cm³/mol. The average molecular weight is 282 g/mol. The third-order valence-electron chi connectivity index (χ3n) is 4.26. The molecule has 1 aromatic heterocycles. The highest BCUT2D eigenvalue weighted by Gasteiger charge is 2.13. The van der Waals surface area contributed by atoms with Gasteiger partial charge in [0.1, 0.15) is 0 Å². The summed E-state index contributed by atoms with van der Waals surface area (Å²) in [5.74, 6) is 0.0307. The van der Waals surface area contributed by atoms with Gasteiger partial charge in [0, 0.05) is 30.7 Å². The topological polar surface area (TPSA) is 34.0 Å². The van der Waals surface area contributed by atoms with Crippen molar-refractivity contribution >= 4 is 16.8 Å². The number of allylic oxidation sites excluding steroid dienone is 1. The Bertz CT molecular complexity index is 682. The SMILES string of the molecule is Cn1cc(C(=O)NCCC2=CCCCC2)c2ccccc21. The predicted octanol–water partition coefficient (Wildman–Crippen LogP) is 3.80. The molecule has 1 N–H and O–H groups in total. The van der Waals surface area contributed by atoms with Crippen molar-refractivity contribution < 1.29 is 4.79 Å². The zero-order chi connectivity index (χ0) is 14.7. The van der Waals surface area contributed by atoms with Crippen molar-refractivity contribution in [1.29, 1.82) is 0 Å². The number of benzene rings is 1. The van der Waals surface area contributed by atoms with E-state index in [0.717, 1.165) is 29.4 Å². The van der Waals surface area contributed by atoms with Crippen LogP contribution in [0.5, 0.6) is 0 Å². The summed E-state index contributed by atoms with van der Waals surface area (Å²) in [6, 6.07) is 8.03. The number of aromatic nitrogens is 1. The van der Waals surface area contributed by atoms with E-state index in [4.69, 9.17) is 0 Å². The second kappa shape index (κ2) is 6.17. The van der Waals surface area contributed by atoms with Crippen LogP contribution in [0.3, 0.4) is 0 Å². The second-order valence-electron chi connectivity index (χ2n) is 5.78. The van der Waals surface area contributed by atoms with Gasteiger partial charge in [0.15, 0.2) is 0 Å². The molecule has 0 atom stereocenters. The number of amides is 1. The van der Waals surface area contributed by atoms with Gasteiger partial charge in [0.05, 0.1) is 5.56 Å². The van der Waals surface area contributed by atoms with E-state index in [1.54, 1.807) is 0 Å². The highest BCUT2D eigenvalue weighted by atomic mass is 16.1. The van der Waals surface area contributed by atoms with Gasteiger partial charge in [-0.25, -0.2) is 0 Å². The van der Waals surface area contributed by atoms with Crippen molar-refractivity contribution in [2.24, 2.45) is 7.05 Å². The first-order chi connectivity index (χ1) is 10.3. The van der Waals surface area contributed by atoms with E-state index in [1.807, 2.05) is 42.1 Å². The molecule has 0 unspecified atom stereocenters. The fourth-order valence-corrected chi connectivity index (χ4v) is 3.09. The molecule has 1 heterocycles. The smallest absolute Gasteiger partial charge is 0.253 e. The van der Waals surface area contributed by atoms with Crippen LogP contribution in [0.2, 0.25) is 0 Å². The summed E-state index contributed by atoms with van der Waals surface area (Å²) >= 11 is 0. The first kappa shape index (κ1) is 13.9. The van der Waals surface area contributed by atoms with Gasteiger partial charge in [-0.1, -0.05) is 29.8 Å². The Morgan fingerprint density at radius 3 is 2.95 bits per heavy atom. The van der Waals surface area contributed by atoms with E-state index in [-0.39, 0.29) is 5.91 Å². The normalized spacial score (nSPS) is 15.0. The Labute approximate surface area is 125 Å². The molecule has 21 heavy (non-hydrogen) atoms. The van der Waals surface area contributed by atoms with Crippen LogP contribution >= 0.6 is 0 Å². The van der Waals surface area contributed by atoms with Gasteiger partial charge in [-0.2, -0.15) is 0 Å². The van der Waals surface area contributed by atoms with Crippen molar-refractivity contribution in [3.8, 4) is 0 Å². The third kappa shape index (κ3) is 3.02. The van der Waals surface area contributed by atoms with Crippen LogP contribution in [0.4, 0.5) is 0 Å². The van der Waals surface area contributed by atoms with Gasteiger partial charge >= 0.3 is 0 Å². The molecule has 0 fully saturated rings. The Balaban J connectivity index is 1.65. The van der Waals surface area contributed by atoms with E-state index < -0.39 is 0 Å². The van der Waals surface area contributed by atoms with Crippen molar-refractivity contribution in [3.63, 3.8) is 0 Å². The number of carbonyl (C=O) groups is 1. The van der Waals surface area contributed by atoms with Gasteiger partial charge in [0.25, 0.3) is 5.91 Å². The first-order valence-corrected chi connectivity index (χ1v) is 7.76. The molecule has 1 aliphatic carbocycles. The molecule has 2 aromatic rings. The molecule has 1 amide bonds. The molecule has 0 radical (unpaired) electrons. The molecule has 0 spiro atoms. The van der Waals surface area contributed by atoms with Gasteiger partial charge < -0.3 is 9.88 Å². The molecule has 3 nitrogen and oxygen atoms in total. The lowest BCUT2D eigenvalue weighted by Gasteiger charge is -2.12. The molecule has 1 aliphatic rings. The first-order valence-electron chi connectivity index (χ1n) is 7.76. The number of aryl methyl sites for hydroxylation is 1. The van der Waals surface area contributed by atoms with Gasteiger partial charge in [-0.05, 0) is 38.2 Å². The number of para-hydroxylation sites is 1. The summed E-state index contributed by atoms with van der Waals surface area (Å²) in [5.41, 5.74) is 3.36. The summed E-state index contributed by atoms with van der Waals surface area (Å²) in [6.45, 7) is 0.730. The number of fused-ring (bicyclic) bond motifs is 1. The van der Waals surface area contributed by atoms with Gasteiger partial charge in [-0.3, -0.25) is 4.79 Å². The Hall–Kier alpha value is -2.03. The zero-order valence-corrected chi connectivity index (χ0v) is 12.6. The van der Waals surface area contributed by atoms with Crippen LogP contribution in [0, 0.1) is 0 Å². The average Bonchev–Trinajstić information content (AvgIpc) is 2.86. The molecular weight excluding hydrogens is 260 g/mol. The summed E-state index contributed by atoms with van der Waals surface area (Å²) < 4.78 is 2.01. The summed E-state index contributed by atoms with van der Waals surface area (Å²) in [4.78, 5) is 12.4. The maximum absolute atomic E-state index is 12.4. The van der Waals surface area contributed by atoms with Gasteiger partial charge in [-0.15, -0.1) is 0 Å². The molecule has 110 valence electrons. The fraction of sp³-hybridized carbons (Fsp3) is 0.389. The maximum Gasteiger partial charge on any atom is 0.253 e. The van der Waals surface area contributed by atoms with E-state index in [1.165, 1.54) is 31.3 Å². The molecule has 0 bridgehead atoms. The Kier molecular flexibility index (Phi) is 4.09. The Morgan fingerprint density at radius 2 is 2.14 bits per heavy atom.